The molecule has 0 saturated heterocycles. The molecule has 1 aromatic rings. The van der Waals surface area contributed by atoms with Crippen molar-refractivity contribution in [1.29, 1.82) is 0 Å². The van der Waals surface area contributed by atoms with E-state index in [-0.39, 0.29) is 27.9 Å². The third-order valence-corrected chi connectivity index (χ3v) is 3.56. The molecule has 0 bridgehead atoms. The van der Waals surface area contributed by atoms with Gasteiger partial charge in [0, 0.05) is 26.8 Å². The Hall–Kier alpha value is -0.830. The highest BCUT2D eigenvalue weighted by Crippen LogP contribution is 2.24. The fourth-order valence-electron chi connectivity index (χ4n) is 1.10. The minimum absolute atomic E-state index is 0.0580. The average molecular weight is 398 g/mol. The Labute approximate surface area is 113 Å². The lowest BCUT2D eigenvalue weighted by Crippen LogP contribution is -2.06. The van der Waals surface area contributed by atoms with E-state index in [1.807, 2.05) is 22.6 Å². The number of hydrogen-bond donors (Lipinski definition) is 0. The number of ketones is 1. The van der Waals surface area contributed by atoms with Gasteiger partial charge in [-0.15, -0.1) is 0 Å². The van der Waals surface area contributed by atoms with Gasteiger partial charge in [-0.3, -0.25) is 19.7 Å². The summed E-state index contributed by atoms with van der Waals surface area (Å²) in [6.07, 6.45) is 0.500. The molecule has 1 aromatic carbocycles. The van der Waals surface area contributed by atoms with Crippen molar-refractivity contribution < 1.29 is 14.5 Å². The number of Topliss-reactive ketones (excluding diaryl/α,β-unsaturated/α-hetero) is 1. The van der Waals surface area contributed by atoms with Crippen LogP contribution in [-0.4, -0.2) is 22.3 Å². The van der Waals surface area contributed by atoms with Crippen LogP contribution in [0.15, 0.2) is 12.1 Å². The standard InChI is InChI=1S/C9H5BrINO4/c10-3-8(14)7-2-6(12(15)16)1-5(4-13)9(7)11/h1-2,4H,3H2. The van der Waals surface area contributed by atoms with Crippen molar-refractivity contribution in [1.82, 2.24) is 0 Å². The van der Waals surface area contributed by atoms with Crippen LogP contribution in [0.3, 0.4) is 0 Å². The van der Waals surface area contributed by atoms with Gasteiger partial charge in [-0.05, 0) is 22.6 Å². The first kappa shape index (κ1) is 13.2. The molecule has 7 heteroatoms. The summed E-state index contributed by atoms with van der Waals surface area (Å²) in [4.78, 5) is 32.2. The largest absolute Gasteiger partial charge is 0.298 e. The Bertz CT molecular complexity index is 475. The molecule has 0 amide bonds. The van der Waals surface area contributed by atoms with E-state index in [4.69, 9.17) is 0 Å². The van der Waals surface area contributed by atoms with E-state index >= 15 is 0 Å². The molecule has 0 heterocycles. The summed E-state index contributed by atoms with van der Waals surface area (Å²) in [5, 5.41) is 10.7. The van der Waals surface area contributed by atoms with Gasteiger partial charge in [0.2, 0.25) is 0 Å². The van der Waals surface area contributed by atoms with E-state index in [9.17, 15) is 19.7 Å². The fraction of sp³-hybridized carbons (Fsp3) is 0.111. The van der Waals surface area contributed by atoms with Crippen LogP contribution in [0.5, 0.6) is 0 Å². The zero-order chi connectivity index (χ0) is 12.3. The van der Waals surface area contributed by atoms with E-state index in [1.54, 1.807) is 0 Å². The Morgan fingerprint density at radius 2 is 2.19 bits per heavy atom. The summed E-state index contributed by atoms with van der Waals surface area (Å²) in [6.45, 7) is 0. The molecule has 0 radical (unpaired) electrons. The maximum absolute atomic E-state index is 11.5. The second kappa shape index (κ2) is 5.48. The monoisotopic (exact) mass is 397 g/mol. The smallest absolute Gasteiger partial charge is 0.270 e. The van der Waals surface area contributed by atoms with Crippen LogP contribution in [-0.2, 0) is 0 Å². The topological polar surface area (TPSA) is 77.3 Å². The van der Waals surface area contributed by atoms with Crippen LogP contribution >= 0.6 is 38.5 Å². The first-order valence-electron chi connectivity index (χ1n) is 4.03. The average Bonchev–Trinajstić information content (AvgIpc) is 2.28. The number of hydrogen-bond acceptors (Lipinski definition) is 4. The highest BCUT2D eigenvalue weighted by molar-refractivity contribution is 14.1. The van der Waals surface area contributed by atoms with Gasteiger partial charge >= 0.3 is 0 Å². The molecule has 0 aliphatic heterocycles. The lowest BCUT2D eigenvalue weighted by molar-refractivity contribution is -0.384. The van der Waals surface area contributed by atoms with Crippen LogP contribution in [0, 0.1) is 13.7 Å². The van der Waals surface area contributed by atoms with E-state index in [0.29, 0.717) is 9.86 Å². The number of alkyl halides is 1. The lowest BCUT2D eigenvalue weighted by Gasteiger charge is -2.04. The number of benzene rings is 1. The first-order chi connectivity index (χ1) is 7.51. The number of nitrogens with zero attached hydrogens (tertiary/aromatic N) is 1. The molecule has 0 N–H and O–H groups in total. The number of rotatable bonds is 4. The molecule has 0 atom stereocenters. The summed E-state index contributed by atoms with van der Waals surface area (Å²) < 4.78 is 0.433. The molecule has 16 heavy (non-hydrogen) atoms. The Balaban J connectivity index is 3.47. The van der Waals surface area contributed by atoms with E-state index in [0.717, 1.165) is 6.07 Å². The second-order valence-electron chi connectivity index (χ2n) is 2.83. The van der Waals surface area contributed by atoms with Crippen LogP contribution in [0.25, 0.3) is 0 Å². The van der Waals surface area contributed by atoms with E-state index in [1.165, 1.54) is 6.07 Å². The van der Waals surface area contributed by atoms with Gasteiger partial charge in [-0.2, -0.15) is 0 Å². The van der Waals surface area contributed by atoms with Crippen LogP contribution in [0.2, 0.25) is 0 Å². The van der Waals surface area contributed by atoms with Crippen LogP contribution in [0.4, 0.5) is 5.69 Å². The van der Waals surface area contributed by atoms with Crippen molar-refractivity contribution in [2.45, 2.75) is 0 Å². The molecule has 0 spiro atoms. The van der Waals surface area contributed by atoms with Crippen LogP contribution in [0.1, 0.15) is 20.7 Å². The second-order valence-corrected chi connectivity index (χ2v) is 4.47. The van der Waals surface area contributed by atoms with Crippen molar-refractivity contribution in [3.05, 3.63) is 36.9 Å². The fourth-order valence-corrected chi connectivity index (χ4v) is 2.14. The Morgan fingerprint density at radius 3 is 2.62 bits per heavy atom. The molecule has 0 unspecified atom stereocenters. The van der Waals surface area contributed by atoms with Gasteiger partial charge in [-0.25, -0.2) is 0 Å². The summed E-state index contributed by atoms with van der Waals surface area (Å²) >= 11 is 4.81. The minimum Gasteiger partial charge on any atom is -0.298 e. The highest BCUT2D eigenvalue weighted by Gasteiger charge is 2.18. The number of carbonyl (C=O) groups excluding carboxylic acids is 2. The normalized spacial score (nSPS) is 9.88. The quantitative estimate of drug-likeness (QED) is 0.195. The predicted molar refractivity (Wildman–Crippen MR) is 69.3 cm³/mol. The Kier molecular flexibility index (Phi) is 4.54. The van der Waals surface area contributed by atoms with Gasteiger partial charge in [0.15, 0.2) is 12.1 Å². The molecule has 0 fully saturated rings. The van der Waals surface area contributed by atoms with Crippen molar-refractivity contribution in [3.63, 3.8) is 0 Å². The third kappa shape index (κ3) is 2.64. The number of nitro groups is 1. The van der Waals surface area contributed by atoms with E-state index in [2.05, 4.69) is 15.9 Å². The number of halogens is 2. The molecule has 0 saturated carbocycles. The molecule has 1 rings (SSSR count). The van der Waals surface area contributed by atoms with Crippen molar-refractivity contribution in [2.75, 3.05) is 5.33 Å². The SMILES string of the molecule is O=Cc1cc([N+](=O)[O-])cc(C(=O)CBr)c1I. The zero-order valence-electron chi connectivity index (χ0n) is 7.78. The number of nitro benzene ring substituents is 1. The molecular weight excluding hydrogens is 393 g/mol. The maximum Gasteiger partial charge on any atom is 0.270 e. The first-order valence-corrected chi connectivity index (χ1v) is 6.23. The number of non-ortho nitro benzene ring substituents is 1. The molecule has 0 aliphatic rings. The Morgan fingerprint density at radius 1 is 1.56 bits per heavy atom. The predicted octanol–water partition coefficient (Wildman–Crippen LogP) is 2.59. The van der Waals surface area contributed by atoms with Gasteiger partial charge in [-0.1, -0.05) is 15.9 Å². The maximum atomic E-state index is 11.5. The molecule has 84 valence electrons. The summed E-state index contributed by atoms with van der Waals surface area (Å²) in [7, 11) is 0. The molecule has 0 aromatic heterocycles. The van der Waals surface area contributed by atoms with Gasteiger partial charge in [0.25, 0.3) is 5.69 Å². The number of carbonyl (C=O) groups is 2. The number of aldehydes is 1. The molecule has 5 nitrogen and oxygen atoms in total. The highest BCUT2D eigenvalue weighted by atomic mass is 127. The molecular formula is C9H5BrINO4. The summed E-state index contributed by atoms with van der Waals surface area (Å²) in [5.74, 6) is -0.295. The van der Waals surface area contributed by atoms with E-state index < -0.39 is 4.92 Å². The van der Waals surface area contributed by atoms with Gasteiger partial charge in [0.05, 0.1) is 10.3 Å². The van der Waals surface area contributed by atoms with Crippen molar-refractivity contribution in [2.24, 2.45) is 0 Å². The van der Waals surface area contributed by atoms with Gasteiger partial charge in [0.1, 0.15) is 0 Å². The zero-order valence-corrected chi connectivity index (χ0v) is 11.5. The van der Waals surface area contributed by atoms with Crippen molar-refractivity contribution >= 4 is 56.3 Å². The third-order valence-electron chi connectivity index (χ3n) is 1.85. The van der Waals surface area contributed by atoms with Gasteiger partial charge < -0.3 is 0 Å². The lowest BCUT2D eigenvalue weighted by atomic mass is 10.1. The van der Waals surface area contributed by atoms with Crippen LogP contribution < -0.4 is 0 Å². The summed E-state index contributed by atoms with van der Waals surface area (Å²) in [5.41, 5.74) is 0.0830. The molecule has 0 aliphatic carbocycles. The van der Waals surface area contributed by atoms with Crippen molar-refractivity contribution in [3.8, 4) is 0 Å². The summed E-state index contributed by atoms with van der Waals surface area (Å²) in [6, 6.07) is 2.33. The minimum atomic E-state index is -0.631.